The molecular weight excluding hydrogens is 384 g/mol. The minimum Gasteiger partial charge on any atom is -0.504 e. The summed E-state index contributed by atoms with van der Waals surface area (Å²) in [5.41, 5.74) is 1.12. The zero-order chi connectivity index (χ0) is 21.3. The number of benzene rings is 2. The van der Waals surface area contributed by atoms with Crippen LogP contribution in [-0.2, 0) is 9.59 Å². The van der Waals surface area contributed by atoms with Crippen LogP contribution in [0, 0.1) is 6.92 Å². The van der Waals surface area contributed by atoms with Crippen LogP contribution in [0.5, 0.6) is 17.2 Å². The Balaban J connectivity index is 1.34. The summed E-state index contributed by atoms with van der Waals surface area (Å²) < 4.78 is 11.1. The minimum absolute atomic E-state index is 0.0136. The number of carbonyl (C=O) groups excluding carboxylic acids is 2. The normalized spacial score (nSPS) is 13.8. The van der Waals surface area contributed by atoms with Crippen LogP contribution in [0.15, 0.2) is 48.5 Å². The van der Waals surface area contributed by atoms with E-state index >= 15 is 0 Å². The van der Waals surface area contributed by atoms with Crippen LogP contribution in [-0.4, -0.2) is 66.1 Å². The molecule has 0 unspecified atom stereocenters. The number of para-hydroxylation sites is 2. The van der Waals surface area contributed by atoms with Crippen molar-refractivity contribution in [2.75, 3.05) is 39.4 Å². The molecule has 3 rings (SSSR count). The molecule has 7 nitrogen and oxygen atoms in total. The molecule has 0 aromatic heterocycles. The molecule has 30 heavy (non-hydrogen) atoms. The lowest BCUT2D eigenvalue weighted by molar-refractivity contribution is -0.140. The van der Waals surface area contributed by atoms with Gasteiger partial charge in [-0.1, -0.05) is 24.3 Å². The van der Waals surface area contributed by atoms with E-state index in [0.717, 1.165) is 11.3 Å². The Kier molecular flexibility index (Phi) is 7.54. The van der Waals surface area contributed by atoms with Crippen molar-refractivity contribution in [2.24, 2.45) is 0 Å². The number of aromatic hydroxyl groups is 1. The first-order valence-corrected chi connectivity index (χ1v) is 10.2. The first-order chi connectivity index (χ1) is 14.5. The molecule has 0 spiro atoms. The van der Waals surface area contributed by atoms with Crippen LogP contribution >= 0.6 is 0 Å². The molecule has 1 heterocycles. The van der Waals surface area contributed by atoms with E-state index in [1.165, 1.54) is 0 Å². The Labute approximate surface area is 176 Å². The van der Waals surface area contributed by atoms with E-state index in [1.807, 2.05) is 31.2 Å². The molecular formula is C23H28N2O5. The second kappa shape index (κ2) is 10.5. The fourth-order valence-corrected chi connectivity index (χ4v) is 3.31. The number of amides is 2. The number of aryl methyl sites for hydroxylation is 1. The molecule has 1 aliphatic rings. The van der Waals surface area contributed by atoms with Crippen LogP contribution in [0.2, 0.25) is 0 Å². The molecule has 2 aromatic rings. The number of hydrogen-bond acceptors (Lipinski definition) is 5. The zero-order valence-electron chi connectivity index (χ0n) is 17.3. The maximum atomic E-state index is 12.4. The summed E-state index contributed by atoms with van der Waals surface area (Å²) in [7, 11) is 0. The van der Waals surface area contributed by atoms with Crippen LogP contribution in [0.4, 0.5) is 0 Å². The van der Waals surface area contributed by atoms with Gasteiger partial charge in [0.05, 0.1) is 26.1 Å². The number of nitrogens with zero attached hydrogens (tertiary/aromatic N) is 2. The minimum atomic E-state index is -0.0136. The summed E-state index contributed by atoms with van der Waals surface area (Å²) in [4.78, 5) is 28.3. The van der Waals surface area contributed by atoms with Gasteiger partial charge in [0, 0.05) is 26.2 Å². The third-order valence-electron chi connectivity index (χ3n) is 5.00. The number of hydrogen-bond donors (Lipinski definition) is 1. The molecule has 0 aliphatic carbocycles. The molecule has 0 saturated carbocycles. The van der Waals surface area contributed by atoms with Crippen LogP contribution < -0.4 is 9.47 Å². The molecule has 1 N–H and O–H groups in total. The topological polar surface area (TPSA) is 79.3 Å². The predicted molar refractivity (Wildman–Crippen MR) is 113 cm³/mol. The molecule has 0 bridgehead atoms. The maximum absolute atomic E-state index is 12.4. The number of phenols is 1. The average Bonchev–Trinajstić information content (AvgIpc) is 2.75. The number of carbonyl (C=O) groups is 2. The van der Waals surface area contributed by atoms with Crippen LogP contribution in [0.1, 0.15) is 18.4 Å². The van der Waals surface area contributed by atoms with Crippen molar-refractivity contribution in [1.82, 2.24) is 9.80 Å². The number of phenolic OH excluding ortho intramolecular Hbond substituents is 1. The van der Waals surface area contributed by atoms with Crippen LogP contribution in [0.3, 0.4) is 0 Å². The molecule has 1 fully saturated rings. The van der Waals surface area contributed by atoms with Gasteiger partial charge in [0.15, 0.2) is 11.5 Å². The Bertz CT molecular complexity index is 862. The van der Waals surface area contributed by atoms with E-state index in [9.17, 15) is 14.7 Å². The summed E-state index contributed by atoms with van der Waals surface area (Å²) in [5, 5.41) is 9.68. The third kappa shape index (κ3) is 6.14. The maximum Gasteiger partial charge on any atom is 0.226 e. The van der Waals surface area contributed by atoms with Gasteiger partial charge in [-0.15, -0.1) is 0 Å². The van der Waals surface area contributed by atoms with Crippen molar-refractivity contribution in [1.29, 1.82) is 0 Å². The van der Waals surface area contributed by atoms with Gasteiger partial charge in [-0.25, -0.2) is 0 Å². The highest BCUT2D eigenvalue weighted by molar-refractivity contribution is 5.78. The Morgan fingerprint density at radius 1 is 0.867 bits per heavy atom. The van der Waals surface area contributed by atoms with E-state index in [4.69, 9.17) is 9.47 Å². The first kappa shape index (κ1) is 21.5. The van der Waals surface area contributed by atoms with Crippen LogP contribution in [0.25, 0.3) is 0 Å². The SMILES string of the molecule is Cc1cccc(OCCC(=O)N2CCN(C(=O)CCOc3ccccc3O)CC2)c1. The molecule has 160 valence electrons. The second-order valence-corrected chi connectivity index (χ2v) is 7.24. The largest absolute Gasteiger partial charge is 0.504 e. The van der Waals surface area contributed by atoms with Gasteiger partial charge in [-0.3, -0.25) is 9.59 Å². The Hall–Kier alpha value is -3.22. The zero-order valence-corrected chi connectivity index (χ0v) is 17.3. The Morgan fingerprint density at radius 3 is 2.07 bits per heavy atom. The number of ether oxygens (including phenoxy) is 2. The highest BCUT2D eigenvalue weighted by Crippen LogP contribution is 2.24. The molecule has 2 amide bonds. The van der Waals surface area contributed by atoms with Gasteiger partial charge in [-0.2, -0.15) is 0 Å². The van der Waals surface area contributed by atoms with E-state index in [2.05, 4.69) is 0 Å². The van der Waals surface area contributed by atoms with E-state index in [0.29, 0.717) is 45.0 Å². The average molecular weight is 412 g/mol. The van der Waals surface area contributed by atoms with E-state index in [1.54, 1.807) is 34.1 Å². The summed E-state index contributed by atoms with van der Waals surface area (Å²) in [6.45, 7) is 4.61. The van der Waals surface area contributed by atoms with Gasteiger partial charge < -0.3 is 24.4 Å². The number of piperazine rings is 1. The van der Waals surface area contributed by atoms with Crippen molar-refractivity contribution in [3.63, 3.8) is 0 Å². The molecule has 0 atom stereocenters. The van der Waals surface area contributed by atoms with Crippen molar-refractivity contribution in [3.05, 3.63) is 54.1 Å². The molecule has 2 aromatic carbocycles. The monoisotopic (exact) mass is 412 g/mol. The molecule has 7 heteroatoms. The standard InChI is InChI=1S/C23H28N2O5/c1-18-5-4-6-19(17-18)29-15-9-22(27)24-11-13-25(14-12-24)23(28)10-16-30-21-8-3-2-7-20(21)26/h2-8,17,26H,9-16H2,1H3. The second-order valence-electron chi connectivity index (χ2n) is 7.24. The smallest absolute Gasteiger partial charge is 0.226 e. The molecule has 1 aliphatic heterocycles. The summed E-state index contributed by atoms with van der Waals surface area (Å²) in [6, 6.07) is 14.4. The quantitative estimate of drug-likeness (QED) is 0.721. The van der Waals surface area contributed by atoms with Crippen molar-refractivity contribution in [3.8, 4) is 17.2 Å². The third-order valence-corrected chi connectivity index (χ3v) is 5.00. The lowest BCUT2D eigenvalue weighted by Crippen LogP contribution is -2.51. The number of rotatable bonds is 8. The van der Waals surface area contributed by atoms with Crippen molar-refractivity contribution in [2.45, 2.75) is 19.8 Å². The van der Waals surface area contributed by atoms with E-state index in [-0.39, 0.29) is 30.6 Å². The summed E-state index contributed by atoms with van der Waals surface area (Å²) in [6.07, 6.45) is 0.545. The Morgan fingerprint density at radius 2 is 1.47 bits per heavy atom. The fraction of sp³-hybridized carbons (Fsp3) is 0.391. The summed E-state index contributed by atoms with van der Waals surface area (Å²) >= 11 is 0. The highest BCUT2D eigenvalue weighted by Gasteiger charge is 2.23. The molecule has 0 radical (unpaired) electrons. The van der Waals surface area contributed by atoms with Gasteiger partial charge >= 0.3 is 0 Å². The van der Waals surface area contributed by atoms with Gasteiger partial charge in [0.25, 0.3) is 0 Å². The predicted octanol–water partition coefficient (Wildman–Crippen LogP) is 2.61. The van der Waals surface area contributed by atoms with Crippen molar-refractivity contribution >= 4 is 11.8 Å². The lowest BCUT2D eigenvalue weighted by atomic mass is 10.2. The fourth-order valence-electron chi connectivity index (χ4n) is 3.31. The molecule has 1 saturated heterocycles. The first-order valence-electron chi connectivity index (χ1n) is 10.2. The lowest BCUT2D eigenvalue weighted by Gasteiger charge is -2.35. The van der Waals surface area contributed by atoms with E-state index < -0.39 is 0 Å². The van der Waals surface area contributed by atoms with Crippen molar-refractivity contribution < 1.29 is 24.2 Å². The van der Waals surface area contributed by atoms with Gasteiger partial charge in [0.1, 0.15) is 5.75 Å². The van der Waals surface area contributed by atoms with Gasteiger partial charge in [-0.05, 0) is 36.8 Å². The highest BCUT2D eigenvalue weighted by atomic mass is 16.5. The van der Waals surface area contributed by atoms with Gasteiger partial charge in [0.2, 0.25) is 11.8 Å². The summed E-state index contributed by atoms with van der Waals surface area (Å²) in [5.74, 6) is 1.22.